The summed E-state index contributed by atoms with van der Waals surface area (Å²) in [6.07, 6.45) is -1.19. The molecular formula is C28H22BCl2NO6S. The van der Waals surface area contributed by atoms with E-state index in [1.165, 1.54) is 37.3 Å². The van der Waals surface area contributed by atoms with Gasteiger partial charge in [-0.15, -0.1) is 0 Å². The molecule has 0 unspecified atom stereocenters. The van der Waals surface area contributed by atoms with E-state index in [2.05, 4.69) is 0 Å². The molecule has 11 heteroatoms. The molecule has 1 heterocycles. The second kappa shape index (κ2) is 10.7. The number of sulfonamides is 1. The minimum absolute atomic E-state index is 0.0467. The summed E-state index contributed by atoms with van der Waals surface area (Å²) in [5, 5.41) is 2.20. The molecule has 0 amide bonds. The monoisotopic (exact) mass is 581 g/mol. The van der Waals surface area contributed by atoms with E-state index in [0.717, 1.165) is 20.6 Å². The van der Waals surface area contributed by atoms with Gasteiger partial charge in [-0.05, 0) is 66.5 Å². The molecule has 0 N–H and O–H groups in total. The lowest BCUT2D eigenvalue weighted by atomic mass is 9.74. The molecule has 1 fully saturated rings. The average Bonchev–Trinajstić information content (AvgIpc) is 3.28. The Morgan fingerprint density at radius 2 is 1.64 bits per heavy atom. The fourth-order valence-electron chi connectivity index (χ4n) is 4.49. The molecule has 1 aliphatic rings. The number of rotatable bonds is 6. The van der Waals surface area contributed by atoms with Gasteiger partial charge in [-0.1, -0.05) is 77.3 Å². The number of nitrogens with zero attached hydrogens (tertiary/aromatic N) is 1. The van der Waals surface area contributed by atoms with Gasteiger partial charge in [0.05, 0.1) is 20.5 Å². The van der Waals surface area contributed by atoms with Gasteiger partial charge in [0, 0.05) is 0 Å². The average molecular weight is 582 g/mol. The maximum absolute atomic E-state index is 13.9. The van der Waals surface area contributed by atoms with Crippen LogP contribution in [-0.2, 0) is 24.2 Å². The minimum Gasteiger partial charge on any atom is -0.514 e. The molecule has 0 aromatic heterocycles. The van der Waals surface area contributed by atoms with Gasteiger partial charge in [-0.2, -0.15) is 4.22 Å². The van der Waals surface area contributed by atoms with Gasteiger partial charge in [0.25, 0.3) is 0 Å². The summed E-state index contributed by atoms with van der Waals surface area (Å²) in [5.41, 5.74) is 1.42. The van der Waals surface area contributed by atoms with Gasteiger partial charge >= 0.3 is 19.0 Å². The molecule has 0 aliphatic carbocycles. The van der Waals surface area contributed by atoms with E-state index in [4.69, 9.17) is 32.6 Å². The van der Waals surface area contributed by atoms with Gasteiger partial charge in [0.1, 0.15) is 6.10 Å². The lowest BCUT2D eigenvalue weighted by molar-refractivity contribution is -0.136. The van der Waals surface area contributed by atoms with Gasteiger partial charge in [-0.3, -0.25) is 4.79 Å². The smallest absolute Gasteiger partial charge is 0.502 e. The molecule has 0 bridgehead atoms. The van der Waals surface area contributed by atoms with E-state index in [0.29, 0.717) is 5.46 Å². The third kappa shape index (κ3) is 5.27. The predicted octanol–water partition coefficient (Wildman–Crippen LogP) is 5.01. The maximum atomic E-state index is 13.9. The molecule has 4 aromatic rings. The normalized spacial score (nSPS) is 16.8. The predicted molar refractivity (Wildman–Crippen MR) is 151 cm³/mol. The number of hydrogen-bond acceptors (Lipinski definition) is 6. The Morgan fingerprint density at radius 3 is 2.33 bits per heavy atom. The number of aryl methyl sites for hydroxylation is 1. The summed E-state index contributed by atoms with van der Waals surface area (Å²) < 4.78 is 40.0. The second-order valence-corrected chi connectivity index (χ2v) is 11.9. The Morgan fingerprint density at radius 1 is 0.949 bits per heavy atom. The van der Waals surface area contributed by atoms with E-state index in [9.17, 15) is 18.0 Å². The van der Waals surface area contributed by atoms with Crippen molar-refractivity contribution in [1.29, 1.82) is 0 Å². The fraction of sp³-hybridized carbons (Fsp3) is 0.143. The summed E-state index contributed by atoms with van der Waals surface area (Å²) in [5.74, 6) is -1.56. The number of halogens is 2. The van der Waals surface area contributed by atoms with E-state index in [1.54, 1.807) is 30.3 Å². The van der Waals surface area contributed by atoms with Crippen LogP contribution in [0.25, 0.3) is 10.8 Å². The van der Waals surface area contributed by atoms with E-state index in [-0.39, 0.29) is 20.5 Å². The molecule has 0 radical (unpaired) electrons. The summed E-state index contributed by atoms with van der Waals surface area (Å²) >= 11 is 12.2. The zero-order chi connectivity index (χ0) is 27.9. The van der Waals surface area contributed by atoms with Crippen molar-refractivity contribution in [2.75, 3.05) is 0 Å². The third-order valence-corrected chi connectivity index (χ3v) is 9.10. The van der Waals surface area contributed by atoms with Crippen molar-refractivity contribution in [3.8, 4) is 0 Å². The van der Waals surface area contributed by atoms with Gasteiger partial charge < -0.3 is 9.39 Å². The molecular weight excluding hydrogens is 560 g/mol. The molecule has 1 aliphatic heterocycles. The van der Waals surface area contributed by atoms with Crippen LogP contribution in [0.15, 0.2) is 89.8 Å². The number of ether oxygens (including phenoxy) is 1. The van der Waals surface area contributed by atoms with Crippen molar-refractivity contribution >= 4 is 68.4 Å². The third-order valence-electron chi connectivity index (χ3n) is 6.52. The lowest BCUT2D eigenvalue weighted by Crippen LogP contribution is -2.54. The molecule has 1 saturated heterocycles. The van der Waals surface area contributed by atoms with Gasteiger partial charge in [0.15, 0.2) is 6.04 Å². The first-order valence-electron chi connectivity index (χ1n) is 12.0. The molecule has 7 nitrogen and oxygen atoms in total. The molecule has 2 atom stereocenters. The SMILES string of the molecule is Cc1ccc(S(=O)(=O)N2B(c3ccc(Cl)c(Cl)c3)OC(=O)[C@@H]2[C@H](C)OC(=O)c2ccc3ccccc3c2)cc1. The van der Waals surface area contributed by atoms with E-state index >= 15 is 0 Å². The van der Waals surface area contributed by atoms with Crippen molar-refractivity contribution in [2.45, 2.75) is 30.9 Å². The standard InChI is InChI=1S/C28H22BCl2NO6S/c1-17-7-12-23(13-8-17)39(35,36)32-26(28(34)38-29(32)22-11-14-24(30)25(31)16-22)18(2)37-27(33)21-10-9-19-5-3-4-6-20(19)15-21/h3-16,18,26H,1-2H3/t18-,26-/m0/s1. The van der Waals surface area contributed by atoms with Crippen molar-refractivity contribution < 1.29 is 27.4 Å². The van der Waals surface area contributed by atoms with Crippen LogP contribution >= 0.6 is 23.2 Å². The Kier molecular flexibility index (Phi) is 7.44. The molecule has 39 heavy (non-hydrogen) atoms. The highest BCUT2D eigenvalue weighted by Crippen LogP contribution is 2.30. The number of esters is 1. The summed E-state index contributed by atoms with van der Waals surface area (Å²) in [7, 11) is -5.67. The van der Waals surface area contributed by atoms with Crippen LogP contribution in [0.4, 0.5) is 0 Å². The van der Waals surface area contributed by atoms with Gasteiger partial charge in [-0.25, -0.2) is 13.2 Å². The Labute approximate surface area is 236 Å². The molecule has 0 spiro atoms. The number of carbonyl (C=O) groups is 2. The molecule has 198 valence electrons. The molecule has 5 rings (SSSR count). The topological polar surface area (TPSA) is 90.0 Å². The quantitative estimate of drug-likeness (QED) is 0.235. The van der Waals surface area contributed by atoms with Crippen molar-refractivity contribution in [2.24, 2.45) is 0 Å². The largest absolute Gasteiger partial charge is 0.514 e. The number of hydrogen-bond donors (Lipinski definition) is 0. The summed E-state index contributed by atoms with van der Waals surface area (Å²) in [6, 6.07) is 21.8. The maximum Gasteiger partial charge on any atom is 0.502 e. The number of fused-ring (bicyclic) bond motifs is 1. The molecule has 4 aromatic carbocycles. The van der Waals surface area contributed by atoms with Crippen LogP contribution in [0, 0.1) is 6.92 Å². The van der Waals surface area contributed by atoms with Crippen LogP contribution in [0.1, 0.15) is 22.8 Å². The highest BCUT2D eigenvalue weighted by molar-refractivity contribution is 7.90. The van der Waals surface area contributed by atoms with Gasteiger partial charge in [0.2, 0.25) is 10.0 Å². The number of carbonyl (C=O) groups excluding carboxylic acids is 2. The summed E-state index contributed by atoms with van der Waals surface area (Å²) in [4.78, 5) is 26.2. The lowest BCUT2D eigenvalue weighted by Gasteiger charge is -2.27. The van der Waals surface area contributed by atoms with Crippen LogP contribution < -0.4 is 5.46 Å². The zero-order valence-electron chi connectivity index (χ0n) is 20.9. The Bertz CT molecular complexity index is 1700. The van der Waals surface area contributed by atoms with Crippen LogP contribution in [0.2, 0.25) is 10.0 Å². The summed E-state index contributed by atoms with van der Waals surface area (Å²) in [6.45, 7) is 3.29. The zero-order valence-corrected chi connectivity index (χ0v) is 23.2. The highest BCUT2D eigenvalue weighted by atomic mass is 35.5. The minimum atomic E-state index is -4.31. The van der Waals surface area contributed by atoms with E-state index < -0.39 is 41.2 Å². The van der Waals surface area contributed by atoms with Crippen LogP contribution in [0.5, 0.6) is 0 Å². The Hall–Kier alpha value is -3.37. The van der Waals surface area contributed by atoms with Crippen molar-refractivity contribution in [3.05, 3.63) is 106 Å². The number of benzene rings is 4. The second-order valence-electron chi connectivity index (χ2n) is 9.23. The van der Waals surface area contributed by atoms with Crippen LogP contribution in [0.3, 0.4) is 0 Å². The van der Waals surface area contributed by atoms with E-state index in [1.807, 2.05) is 31.2 Å². The molecule has 0 saturated carbocycles. The Balaban J connectivity index is 1.52. The first kappa shape index (κ1) is 27.2. The fourth-order valence-corrected chi connectivity index (χ4v) is 6.49. The first-order valence-corrected chi connectivity index (χ1v) is 14.2. The van der Waals surface area contributed by atoms with Crippen LogP contribution in [-0.4, -0.2) is 43.8 Å². The van der Waals surface area contributed by atoms with Crippen molar-refractivity contribution in [1.82, 2.24) is 4.22 Å². The highest BCUT2D eigenvalue weighted by Gasteiger charge is 2.56. The van der Waals surface area contributed by atoms with Crippen molar-refractivity contribution in [3.63, 3.8) is 0 Å². The first-order chi connectivity index (χ1) is 18.6.